The van der Waals surface area contributed by atoms with Crippen molar-refractivity contribution in [2.75, 3.05) is 39.6 Å². The van der Waals surface area contributed by atoms with Crippen molar-refractivity contribution in [3.8, 4) is 0 Å². The Morgan fingerprint density at radius 1 is 0.310 bits per heavy atom. The summed E-state index contributed by atoms with van der Waals surface area (Å²) in [4.78, 5) is 72.4. The number of phosphoric acid groups is 2. The zero-order chi connectivity index (χ0) is 64.3. The van der Waals surface area contributed by atoms with E-state index in [4.69, 9.17) is 37.0 Å². The van der Waals surface area contributed by atoms with Gasteiger partial charge in [-0.05, 0) is 37.5 Å². The first-order valence-electron chi connectivity index (χ1n) is 35.5. The second kappa shape index (κ2) is 60.3. The average molecular weight is 1280 g/mol. The third kappa shape index (κ3) is 62.6. The highest BCUT2D eigenvalue weighted by molar-refractivity contribution is 7.47. The van der Waals surface area contributed by atoms with E-state index in [9.17, 15) is 43.2 Å². The molecule has 0 spiro atoms. The van der Waals surface area contributed by atoms with Crippen LogP contribution in [0.1, 0.15) is 343 Å². The number of carbonyl (C=O) groups excluding carboxylic acids is 4. The van der Waals surface area contributed by atoms with Crippen LogP contribution in [0.3, 0.4) is 0 Å². The molecule has 19 heteroatoms. The van der Waals surface area contributed by atoms with Crippen LogP contribution in [0.5, 0.6) is 0 Å². The van der Waals surface area contributed by atoms with Gasteiger partial charge in [0, 0.05) is 25.7 Å². The van der Waals surface area contributed by atoms with E-state index in [1.54, 1.807) is 0 Å². The highest BCUT2D eigenvalue weighted by Gasteiger charge is 2.30. The van der Waals surface area contributed by atoms with E-state index in [1.807, 2.05) is 0 Å². The predicted octanol–water partition coefficient (Wildman–Crippen LogP) is 19.2. The second-order valence-electron chi connectivity index (χ2n) is 25.5. The van der Waals surface area contributed by atoms with Crippen molar-refractivity contribution in [2.45, 2.75) is 362 Å². The van der Waals surface area contributed by atoms with E-state index in [0.717, 1.165) is 108 Å². The van der Waals surface area contributed by atoms with Crippen molar-refractivity contribution >= 4 is 39.5 Å². The molecular weight excluding hydrogens is 1150 g/mol. The minimum Gasteiger partial charge on any atom is -0.462 e. The van der Waals surface area contributed by atoms with E-state index in [-0.39, 0.29) is 25.7 Å². The van der Waals surface area contributed by atoms with Crippen LogP contribution in [0.4, 0.5) is 0 Å². The maximum Gasteiger partial charge on any atom is 0.472 e. The van der Waals surface area contributed by atoms with Gasteiger partial charge in [-0.1, -0.05) is 292 Å². The van der Waals surface area contributed by atoms with Gasteiger partial charge in [0.2, 0.25) is 0 Å². The average Bonchev–Trinajstić information content (AvgIpc) is 3.58. The molecule has 87 heavy (non-hydrogen) atoms. The topological polar surface area (TPSA) is 237 Å². The van der Waals surface area contributed by atoms with Crippen molar-refractivity contribution in [3.05, 3.63) is 0 Å². The van der Waals surface area contributed by atoms with Crippen LogP contribution in [0.2, 0.25) is 0 Å². The summed E-state index contributed by atoms with van der Waals surface area (Å²) in [7, 11) is -9.89. The number of hydrogen-bond acceptors (Lipinski definition) is 15. The molecule has 0 amide bonds. The Labute approximate surface area is 530 Å². The molecule has 5 atom stereocenters. The number of ether oxygens (including phenoxy) is 4. The molecule has 0 fully saturated rings. The van der Waals surface area contributed by atoms with Gasteiger partial charge in [-0.2, -0.15) is 0 Å². The van der Waals surface area contributed by atoms with Crippen LogP contribution in [0, 0.1) is 11.8 Å². The van der Waals surface area contributed by atoms with E-state index in [2.05, 4.69) is 41.5 Å². The number of aliphatic hydroxyl groups is 1. The Balaban J connectivity index is 5.23. The molecule has 0 aliphatic heterocycles. The van der Waals surface area contributed by atoms with Crippen LogP contribution in [-0.2, 0) is 65.4 Å². The fourth-order valence-corrected chi connectivity index (χ4v) is 11.8. The Bertz CT molecular complexity index is 1700. The molecule has 0 aliphatic rings. The molecule has 0 radical (unpaired) electrons. The molecule has 516 valence electrons. The lowest BCUT2D eigenvalue weighted by molar-refractivity contribution is -0.161. The van der Waals surface area contributed by atoms with Crippen LogP contribution >= 0.6 is 15.6 Å². The SMILES string of the molecule is CCCCCCCCCCCCCC(=O)O[C@H](COC(=O)CCCCCCCCCC)COP(=O)(O)OC[C@H](O)COP(=O)(O)OC[C@@H](COC(=O)CCCCCCCCCCCCCC(C)C)OC(=O)CCCCCCCCCCCCCC(C)C. The monoisotopic (exact) mass is 1280 g/mol. The predicted molar refractivity (Wildman–Crippen MR) is 349 cm³/mol. The lowest BCUT2D eigenvalue weighted by Crippen LogP contribution is -2.30. The van der Waals surface area contributed by atoms with Gasteiger partial charge < -0.3 is 33.8 Å². The van der Waals surface area contributed by atoms with Gasteiger partial charge in [0.05, 0.1) is 26.4 Å². The number of carbonyl (C=O) groups is 4. The van der Waals surface area contributed by atoms with Gasteiger partial charge in [0.25, 0.3) is 0 Å². The first kappa shape index (κ1) is 85.1. The highest BCUT2D eigenvalue weighted by Crippen LogP contribution is 2.45. The van der Waals surface area contributed by atoms with Crippen LogP contribution < -0.4 is 0 Å². The van der Waals surface area contributed by atoms with Crippen LogP contribution in [-0.4, -0.2) is 96.7 Å². The molecule has 17 nitrogen and oxygen atoms in total. The first-order valence-corrected chi connectivity index (χ1v) is 38.5. The summed E-state index contributed by atoms with van der Waals surface area (Å²) in [5.74, 6) is -0.592. The van der Waals surface area contributed by atoms with Gasteiger partial charge >= 0.3 is 39.5 Å². The van der Waals surface area contributed by atoms with E-state index >= 15 is 0 Å². The number of hydrogen-bond donors (Lipinski definition) is 3. The van der Waals surface area contributed by atoms with Crippen LogP contribution in [0.25, 0.3) is 0 Å². The number of phosphoric ester groups is 2. The molecule has 0 saturated heterocycles. The molecule has 0 saturated carbocycles. The summed E-state index contributed by atoms with van der Waals surface area (Å²) >= 11 is 0. The van der Waals surface area contributed by atoms with Crippen molar-refractivity contribution in [1.29, 1.82) is 0 Å². The Kier molecular flexibility index (Phi) is 59.0. The number of unbranched alkanes of at least 4 members (excludes halogenated alkanes) is 37. The number of rotatable bonds is 67. The fourth-order valence-electron chi connectivity index (χ4n) is 10.2. The molecule has 3 N–H and O–H groups in total. The second-order valence-corrected chi connectivity index (χ2v) is 28.4. The quantitative estimate of drug-likeness (QED) is 0.0222. The molecule has 0 aromatic carbocycles. The summed E-state index contributed by atoms with van der Waals surface area (Å²) in [5, 5.41) is 10.6. The van der Waals surface area contributed by atoms with Crippen molar-refractivity contribution in [1.82, 2.24) is 0 Å². The molecule has 0 aromatic heterocycles. The van der Waals surface area contributed by atoms with Crippen molar-refractivity contribution in [3.63, 3.8) is 0 Å². The Morgan fingerprint density at radius 2 is 0.529 bits per heavy atom. The van der Waals surface area contributed by atoms with Gasteiger partial charge in [-0.25, -0.2) is 9.13 Å². The van der Waals surface area contributed by atoms with E-state index < -0.39 is 97.5 Å². The van der Waals surface area contributed by atoms with E-state index in [1.165, 1.54) is 154 Å². The molecular formula is C68H132O17P2. The lowest BCUT2D eigenvalue weighted by atomic mass is 10.0. The largest absolute Gasteiger partial charge is 0.472 e. The Morgan fingerprint density at radius 3 is 0.782 bits per heavy atom. The van der Waals surface area contributed by atoms with Gasteiger partial charge in [0.15, 0.2) is 12.2 Å². The van der Waals surface area contributed by atoms with Gasteiger partial charge in [-0.3, -0.25) is 37.3 Å². The number of aliphatic hydroxyl groups excluding tert-OH is 1. The molecule has 0 heterocycles. The third-order valence-corrected chi connectivity index (χ3v) is 17.6. The van der Waals surface area contributed by atoms with Crippen molar-refractivity contribution in [2.24, 2.45) is 11.8 Å². The fraction of sp³-hybridized carbons (Fsp3) is 0.941. The van der Waals surface area contributed by atoms with Crippen molar-refractivity contribution < 1.29 is 80.2 Å². The smallest absolute Gasteiger partial charge is 0.462 e. The van der Waals surface area contributed by atoms with Crippen LogP contribution in [0.15, 0.2) is 0 Å². The summed E-state index contributed by atoms with van der Waals surface area (Å²) in [6, 6.07) is 0. The van der Waals surface area contributed by atoms with E-state index in [0.29, 0.717) is 25.7 Å². The summed E-state index contributed by atoms with van der Waals surface area (Å²) in [6.45, 7) is 9.51. The summed E-state index contributed by atoms with van der Waals surface area (Å²) < 4.78 is 68.1. The third-order valence-electron chi connectivity index (χ3n) is 15.7. The summed E-state index contributed by atoms with van der Waals surface area (Å²) in [5.41, 5.74) is 0. The minimum absolute atomic E-state index is 0.106. The maximum absolute atomic E-state index is 13.0. The lowest BCUT2D eigenvalue weighted by Gasteiger charge is -2.21. The minimum atomic E-state index is -4.95. The Hall–Kier alpha value is -1.94. The maximum atomic E-state index is 13.0. The van der Waals surface area contributed by atoms with Gasteiger partial charge in [0.1, 0.15) is 19.3 Å². The molecule has 0 bridgehead atoms. The highest BCUT2D eigenvalue weighted by atomic mass is 31.2. The number of esters is 4. The molecule has 2 unspecified atom stereocenters. The van der Waals surface area contributed by atoms with Gasteiger partial charge in [-0.15, -0.1) is 0 Å². The molecule has 0 aromatic rings. The molecule has 0 aliphatic carbocycles. The normalized spacial score (nSPS) is 14.2. The standard InChI is InChI=1S/C68H132O17P2/c1-7-9-11-13-15-17-20-28-34-40-46-52-67(72)84-63(56-78-65(70)50-44-38-32-16-14-12-10-8-2)58-82-86(74,75)80-54-62(69)55-81-87(76,77)83-59-64(85-68(73)53-47-41-35-29-24-19-22-26-31-37-43-49-61(5)6)57-79-66(71)51-45-39-33-27-23-18-21-25-30-36-42-48-60(3)4/h60-64,69H,7-59H2,1-6H3,(H,74,75)(H,76,77)/t62-,63+,64+/m0/s1. The zero-order valence-electron chi connectivity index (χ0n) is 56.3. The first-order chi connectivity index (χ1) is 41.9. The summed E-state index contributed by atoms with van der Waals surface area (Å²) in [6.07, 6.45) is 44.4. The molecule has 0 rings (SSSR count). The zero-order valence-corrected chi connectivity index (χ0v) is 58.1.